The Hall–Kier alpha value is -3.79. The lowest BCUT2D eigenvalue weighted by molar-refractivity contribution is -0.117. The van der Waals surface area contributed by atoms with E-state index < -0.39 is 6.04 Å². The number of aromatic nitrogens is 4. The predicted octanol–water partition coefficient (Wildman–Crippen LogP) is 3.28. The summed E-state index contributed by atoms with van der Waals surface area (Å²) in [5, 5.41) is 10.8. The van der Waals surface area contributed by atoms with Crippen LogP contribution in [0.2, 0.25) is 0 Å². The van der Waals surface area contributed by atoms with E-state index in [-0.39, 0.29) is 17.8 Å². The van der Waals surface area contributed by atoms with Crippen molar-refractivity contribution in [1.29, 1.82) is 0 Å². The van der Waals surface area contributed by atoms with Crippen molar-refractivity contribution in [1.82, 2.24) is 25.1 Å². The smallest absolute Gasteiger partial charge is 0.321 e. The van der Waals surface area contributed by atoms with Gasteiger partial charge in [-0.15, -0.1) is 11.3 Å². The highest BCUT2D eigenvalue weighted by molar-refractivity contribution is 7.20. The Morgan fingerprint density at radius 2 is 1.87 bits per heavy atom. The number of ether oxygens (including phenoxy) is 1. The lowest BCUT2D eigenvalue weighted by atomic mass is 10.2. The molecule has 9 nitrogen and oxygen atoms in total. The van der Waals surface area contributed by atoms with E-state index in [0.29, 0.717) is 16.3 Å². The van der Waals surface area contributed by atoms with Crippen LogP contribution < -0.4 is 15.4 Å². The van der Waals surface area contributed by atoms with Gasteiger partial charge in [-0.2, -0.15) is 5.10 Å². The lowest BCUT2D eigenvalue weighted by Crippen LogP contribution is -2.41. The molecule has 3 heterocycles. The maximum Gasteiger partial charge on any atom is 0.321 e. The van der Waals surface area contributed by atoms with E-state index in [2.05, 4.69) is 25.7 Å². The van der Waals surface area contributed by atoms with Gasteiger partial charge in [-0.05, 0) is 50.2 Å². The van der Waals surface area contributed by atoms with Crippen LogP contribution in [0, 0.1) is 6.92 Å². The molecule has 31 heavy (non-hydrogen) atoms. The van der Waals surface area contributed by atoms with E-state index >= 15 is 0 Å². The Labute approximate surface area is 182 Å². The normalized spacial score (nSPS) is 11.8. The molecule has 2 amide bonds. The molecule has 0 unspecified atom stereocenters. The molecule has 0 radical (unpaired) electrons. The average molecular weight is 436 g/mol. The first kappa shape index (κ1) is 20.5. The fourth-order valence-corrected chi connectivity index (χ4v) is 3.98. The number of benzene rings is 1. The molecule has 158 valence electrons. The fraction of sp³-hybridized carbons (Fsp3) is 0.190. The van der Waals surface area contributed by atoms with Gasteiger partial charge in [0, 0.05) is 30.5 Å². The van der Waals surface area contributed by atoms with Crippen LogP contribution in [0.3, 0.4) is 0 Å². The van der Waals surface area contributed by atoms with Gasteiger partial charge in [-0.3, -0.25) is 14.3 Å². The monoisotopic (exact) mass is 436 g/mol. The number of nitrogens with one attached hydrogen (secondary N) is 2. The molecule has 1 aromatic carbocycles. The molecule has 3 aromatic heterocycles. The topological polar surface area (TPSA) is 111 Å². The van der Waals surface area contributed by atoms with Gasteiger partial charge >= 0.3 is 6.01 Å². The summed E-state index contributed by atoms with van der Waals surface area (Å²) in [6.45, 7) is 3.54. The summed E-state index contributed by atoms with van der Waals surface area (Å²) >= 11 is 1.35. The van der Waals surface area contributed by atoms with Crippen LogP contribution in [0.1, 0.15) is 22.3 Å². The average Bonchev–Trinajstić information content (AvgIpc) is 3.31. The Bertz CT molecular complexity index is 1200. The number of carbonyl (C=O) groups excluding carboxylic acids is 2. The number of anilines is 1. The maximum absolute atomic E-state index is 12.6. The highest BCUT2D eigenvalue weighted by Crippen LogP contribution is 2.27. The van der Waals surface area contributed by atoms with Crippen LogP contribution in [0.25, 0.3) is 10.2 Å². The number of aryl methyl sites for hydroxylation is 2. The number of thiophene rings is 1. The summed E-state index contributed by atoms with van der Waals surface area (Å²) in [5.41, 5.74) is 1.45. The van der Waals surface area contributed by atoms with Gasteiger partial charge in [-0.1, -0.05) is 0 Å². The van der Waals surface area contributed by atoms with Crippen molar-refractivity contribution in [3.05, 3.63) is 59.4 Å². The van der Waals surface area contributed by atoms with E-state index in [1.54, 1.807) is 60.4 Å². The van der Waals surface area contributed by atoms with Gasteiger partial charge in [0.05, 0.1) is 10.6 Å². The first-order valence-electron chi connectivity index (χ1n) is 9.50. The summed E-state index contributed by atoms with van der Waals surface area (Å²) in [6, 6.07) is 9.82. The minimum absolute atomic E-state index is 0.239. The Morgan fingerprint density at radius 3 is 2.55 bits per heavy atom. The summed E-state index contributed by atoms with van der Waals surface area (Å²) in [6.07, 6.45) is 3.17. The zero-order valence-corrected chi connectivity index (χ0v) is 17.9. The van der Waals surface area contributed by atoms with Crippen LogP contribution in [-0.4, -0.2) is 37.6 Å². The predicted molar refractivity (Wildman–Crippen MR) is 117 cm³/mol. The van der Waals surface area contributed by atoms with Crippen LogP contribution in [0.4, 0.5) is 5.69 Å². The molecule has 0 saturated heterocycles. The SMILES string of the molecule is Cc1nn(C)c2sc(C(=O)N[C@H](C)C(=O)Nc3ccc(Oc4ncccn4)cc3)cc12. The van der Waals surface area contributed by atoms with Crippen LogP contribution in [0.5, 0.6) is 11.8 Å². The van der Waals surface area contributed by atoms with E-state index in [1.165, 1.54) is 11.3 Å². The van der Waals surface area contributed by atoms with Gasteiger partial charge in [-0.25, -0.2) is 9.97 Å². The van der Waals surface area contributed by atoms with E-state index in [1.807, 2.05) is 14.0 Å². The summed E-state index contributed by atoms with van der Waals surface area (Å²) < 4.78 is 7.28. The first-order valence-corrected chi connectivity index (χ1v) is 10.3. The van der Waals surface area contributed by atoms with Gasteiger partial charge in [0.1, 0.15) is 16.6 Å². The highest BCUT2D eigenvalue weighted by Gasteiger charge is 2.20. The Balaban J connectivity index is 1.35. The highest BCUT2D eigenvalue weighted by atomic mass is 32.1. The number of fused-ring (bicyclic) bond motifs is 1. The Morgan fingerprint density at radius 1 is 1.16 bits per heavy atom. The van der Waals surface area contributed by atoms with Crippen molar-refractivity contribution in [3.63, 3.8) is 0 Å². The summed E-state index contributed by atoms with van der Waals surface area (Å²) in [7, 11) is 1.84. The zero-order chi connectivity index (χ0) is 22.0. The molecular weight excluding hydrogens is 416 g/mol. The van der Waals surface area contributed by atoms with E-state index in [9.17, 15) is 9.59 Å². The minimum atomic E-state index is -0.717. The number of rotatable bonds is 6. The number of hydrogen-bond donors (Lipinski definition) is 2. The quantitative estimate of drug-likeness (QED) is 0.480. The van der Waals surface area contributed by atoms with E-state index in [4.69, 9.17) is 4.74 Å². The standard InChI is InChI=1S/C21H20N6O3S/c1-12-16-11-17(31-20(16)27(3)26-12)19(29)24-13(2)18(28)25-14-5-7-15(8-6-14)30-21-22-9-4-10-23-21/h4-11,13H,1-3H3,(H,24,29)(H,25,28)/t13-/m1/s1. The summed E-state index contributed by atoms with van der Waals surface area (Å²) in [4.78, 5) is 34.5. The third kappa shape index (κ3) is 4.53. The van der Waals surface area contributed by atoms with Crippen LogP contribution in [-0.2, 0) is 11.8 Å². The van der Waals surface area contributed by atoms with Crippen molar-refractivity contribution in [3.8, 4) is 11.8 Å². The second kappa shape index (κ2) is 8.52. The molecule has 4 aromatic rings. The number of amides is 2. The molecule has 2 N–H and O–H groups in total. The van der Waals surface area contributed by atoms with Crippen LogP contribution in [0.15, 0.2) is 48.8 Å². The third-order valence-corrected chi connectivity index (χ3v) is 5.73. The minimum Gasteiger partial charge on any atom is -0.424 e. The van der Waals surface area contributed by atoms with Gasteiger partial charge in [0.15, 0.2) is 0 Å². The van der Waals surface area contributed by atoms with Crippen molar-refractivity contribution in [2.75, 3.05) is 5.32 Å². The molecule has 10 heteroatoms. The van der Waals surface area contributed by atoms with Crippen molar-refractivity contribution >= 4 is 39.1 Å². The lowest BCUT2D eigenvalue weighted by Gasteiger charge is -2.14. The number of carbonyl (C=O) groups is 2. The van der Waals surface area contributed by atoms with E-state index in [0.717, 1.165) is 15.9 Å². The maximum atomic E-state index is 12.6. The summed E-state index contributed by atoms with van der Waals surface area (Å²) in [5.74, 6) is -0.0812. The van der Waals surface area contributed by atoms with Crippen molar-refractivity contribution < 1.29 is 14.3 Å². The Kier molecular flexibility index (Phi) is 5.63. The third-order valence-electron chi connectivity index (χ3n) is 4.53. The second-order valence-corrected chi connectivity index (χ2v) is 7.91. The zero-order valence-electron chi connectivity index (χ0n) is 17.1. The fourth-order valence-electron chi connectivity index (χ4n) is 2.95. The molecule has 1 atom stereocenters. The largest absolute Gasteiger partial charge is 0.424 e. The molecule has 0 bridgehead atoms. The van der Waals surface area contributed by atoms with Crippen molar-refractivity contribution in [2.24, 2.45) is 7.05 Å². The number of nitrogens with zero attached hydrogens (tertiary/aromatic N) is 4. The molecule has 0 aliphatic carbocycles. The van der Waals surface area contributed by atoms with Crippen molar-refractivity contribution in [2.45, 2.75) is 19.9 Å². The van der Waals surface area contributed by atoms with Gasteiger partial charge < -0.3 is 15.4 Å². The molecular formula is C21H20N6O3S. The molecule has 0 spiro atoms. The molecule has 4 rings (SSSR count). The molecule has 0 fully saturated rings. The van der Waals surface area contributed by atoms with Crippen LogP contribution >= 0.6 is 11.3 Å². The van der Waals surface area contributed by atoms with Gasteiger partial charge in [0.2, 0.25) is 5.91 Å². The molecule has 0 aliphatic heterocycles. The second-order valence-electron chi connectivity index (χ2n) is 6.88. The molecule has 0 saturated carbocycles. The molecule has 0 aliphatic rings. The first-order chi connectivity index (χ1) is 14.9. The number of hydrogen-bond acceptors (Lipinski definition) is 7. The van der Waals surface area contributed by atoms with Gasteiger partial charge in [0.25, 0.3) is 5.91 Å².